The summed E-state index contributed by atoms with van der Waals surface area (Å²) in [6.45, 7) is 2.22. The smallest absolute Gasteiger partial charge is 0.336 e. The van der Waals surface area contributed by atoms with Gasteiger partial charge in [-0.05, 0) is 61.8 Å². The molecule has 1 aliphatic heterocycles. The van der Waals surface area contributed by atoms with E-state index in [2.05, 4.69) is 12.1 Å². The van der Waals surface area contributed by atoms with E-state index in [1.807, 2.05) is 0 Å². The van der Waals surface area contributed by atoms with Crippen LogP contribution in [-0.4, -0.2) is 24.3 Å². The van der Waals surface area contributed by atoms with E-state index in [0.29, 0.717) is 6.04 Å². The molecule has 1 aromatic heterocycles. The predicted molar refractivity (Wildman–Crippen MR) is 93.4 cm³/mol. The molecule has 0 radical (unpaired) electrons. The van der Waals surface area contributed by atoms with Crippen molar-refractivity contribution in [3.63, 3.8) is 0 Å². The average Bonchev–Trinajstić information content (AvgIpc) is 3.02. The van der Waals surface area contributed by atoms with Crippen LogP contribution in [0.3, 0.4) is 0 Å². The normalized spacial score (nSPS) is 23.5. The predicted octanol–water partition coefficient (Wildman–Crippen LogP) is 1.60. The zero-order valence-corrected chi connectivity index (χ0v) is 14.1. The fourth-order valence-electron chi connectivity index (χ4n) is 4.57. The third-order valence-corrected chi connectivity index (χ3v) is 5.82. The van der Waals surface area contributed by atoms with Crippen LogP contribution in [0.4, 0.5) is 0 Å². The number of hydrogen-bond acceptors (Lipinski definition) is 3. The number of fused-ring (bicyclic) bond motifs is 2. The van der Waals surface area contributed by atoms with Crippen LogP contribution >= 0.6 is 0 Å². The maximum absolute atomic E-state index is 12.0. The minimum atomic E-state index is -0.245. The van der Waals surface area contributed by atoms with E-state index in [-0.39, 0.29) is 12.2 Å². The first-order valence-corrected chi connectivity index (χ1v) is 9.28. The average molecular weight is 328 g/mol. The quantitative estimate of drug-likeness (QED) is 0.838. The Balaban J connectivity index is 1.71. The van der Waals surface area contributed by atoms with Crippen LogP contribution in [0.1, 0.15) is 48.8 Å². The van der Waals surface area contributed by atoms with Crippen molar-refractivity contribution >= 4 is 11.0 Å². The Morgan fingerprint density at radius 1 is 1.12 bits per heavy atom. The van der Waals surface area contributed by atoms with Crippen molar-refractivity contribution < 1.29 is 14.4 Å². The molecule has 2 N–H and O–H groups in total. The third-order valence-electron chi connectivity index (χ3n) is 5.82. The van der Waals surface area contributed by atoms with E-state index in [0.717, 1.165) is 48.9 Å². The van der Waals surface area contributed by atoms with E-state index in [1.165, 1.54) is 41.7 Å². The Labute approximate surface area is 142 Å². The van der Waals surface area contributed by atoms with Crippen LogP contribution in [0.5, 0.6) is 0 Å². The SMILES string of the molecule is O=c1cc(C[NH+]2CCCC[C@@H]2CCO)c2cc3c(cc2o1)CCC3. The van der Waals surface area contributed by atoms with Gasteiger partial charge in [0.1, 0.15) is 12.1 Å². The number of aliphatic hydroxyl groups is 1. The second-order valence-corrected chi connectivity index (χ2v) is 7.35. The number of piperidine rings is 1. The fourth-order valence-corrected chi connectivity index (χ4v) is 4.57. The first-order chi connectivity index (χ1) is 11.7. The molecule has 0 bridgehead atoms. The zero-order valence-electron chi connectivity index (χ0n) is 14.1. The van der Waals surface area contributed by atoms with Gasteiger partial charge in [-0.2, -0.15) is 0 Å². The molecule has 0 saturated carbocycles. The minimum absolute atomic E-state index is 0.245. The lowest BCUT2D eigenvalue weighted by atomic mass is 9.97. The number of likely N-dealkylation sites (tertiary alicyclic amines) is 1. The molecule has 128 valence electrons. The molecular formula is C20H26NO3+. The first kappa shape index (κ1) is 15.9. The van der Waals surface area contributed by atoms with Crippen LogP contribution in [0.15, 0.2) is 27.4 Å². The molecule has 4 heteroatoms. The summed E-state index contributed by atoms with van der Waals surface area (Å²) in [5.74, 6) is 0. The molecular weight excluding hydrogens is 302 g/mol. The molecule has 2 heterocycles. The molecule has 24 heavy (non-hydrogen) atoms. The Bertz CT molecular complexity index is 793. The highest BCUT2D eigenvalue weighted by molar-refractivity contribution is 5.82. The molecule has 1 aliphatic carbocycles. The number of hydrogen-bond donors (Lipinski definition) is 2. The van der Waals surface area contributed by atoms with Gasteiger partial charge in [0.15, 0.2) is 0 Å². The van der Waals surface area contributed by atoms with Gasteiger partial charge in [-0.15, -0.1) is 0 Å². The molecule has 4 nitrogen and oxygen atoms in total. The van der Waals surface area contributed by atoms with Gasteiger partial charge < -0.3 is 14.4 Å². The number of quaternary nitrogens is 1. The molecule has 1 fully saturated rings. The van der Waals surface area contributed by atoms with Crippen LogP contribution in [0.2, 0.25) is 0 Å². The van der Waals surface area contributed by atoms with Crippen LogP contribution in [0.25, 0.3) is 11.0 Å². The summed E-state index contributed by atoms with van der Waals surface area (Å²) < 4.78 is 5.49. The Kier molecular flexibility index (Phi) is 4.42. The number of rotatable bonds is 4. The van der Waals surface area contributed by atoms with E-state index in [1.54, 1.807) is 6.07 Å². The lowest BCUT2D eigenvalue weighted by Crippen LogP contribution is -3.15. The van der Waals surface area contributed by atoms with Gasteiger partial charge in [0.25, 0.3) is 0 Å². The van der Waals surface area contributed by atoms with Gasteiger partial charge in [0, 0.05) is 30.0 Å². The van der Waals surface area contributed by atoms with Gasteiger partial charge in [-0.25, -0.2) is 4.79 Å². The lowest BCUT2D eigenvalue weighted by Gasteiger charge is -2.32. The fraction of sp³-hybridized carbons (Fsp3) is 0.550. The second kappa shape index (κ2) is 6.69. The molecule has 2 atom stereocenters. The van der Waals surface area contributed by atoms with E-state index >= 15 is 0 Å². The van der Waals surface area contributed by atoms with Gasteiger partial charge in [0.05, 0.1) is 12.6 Å². The monoisotopic (exact) mass is 328 g/mol. The molecule has 4 rings (SSSR count). The zero-order chi connectivity index (χ0) is 16.5. The minimum Gasteiger partial charge on any atom is -0.423 e. The van der Waals surface area contributed by atoms with Crippen LogP contribution < -0.4 is 10.5 Å². The van der Waals surface area contributed by atoms with Crippen molar-refractivity contribution in [1.29, 1.82) is 0 Å². The second-order valence-electron chi connectivity index (χ2n) is 7.35. The summed E-state index contributed by atoms with van der Waals surface area (Å²) in [6, 6.07) is 6.52. The first-order valence-electron chi connectivity index (χ1n) is 9.28. The Morgan fingerprint density at radius 3 is 2.79 bits per heavy atom. The number of nitrogens with one attached hydrogen (secondary N) is 1. The van der Waals surface area contributed by atoms with E-state index in [9.17, 15) is 9.90 Å². The van der Waals surface area contributed by atoms with Gasteiger partial charge in [-0.3, -0.25) is 0 Å². The van der Waals surface area contributed by atoms with Crippen molar-refractivity contribution in [2.45, 2.75) is 57.5 Å². The summed E-state index contributed by atoms with van der Waals surface area (Å²) in [4.78, 5) is 13.5. The molecule has 1 unspecified atom stereocenters. The van der Waals surface area contributed by atoms with Crippen molar-refractivity contribution in [3.05, 3.63) is 45.3 Å². The Morgan fingerprint density at radius 2 is 1.96 bits per heavy atom. The Hall–Kier alpha value is -1.65. The summed E-state index contributed by atoms with van der Waals surface area (Å²) >= 11 is 0. The van der Waals surface area contributed by atoms with Crippen LogP contribution in [0, 0.1) is 0 Å². The molecule has 0 amide bonds. The largest absolute Gasteiger partial charge is 0.423 e. The van der Waals surface area contributed by atoms with Crippen LogP contribution in [-0.2, 0) is 19.4 Å². The van der Waals surface area contributed by atoms with Crippen molar-refractivity contribution in [2.75, 3.05) is 13.2 Å². The number of benzene rings is 1. The molecule has 1 saturated heterocycles. The van der Waals surface area contributed by atoms with Gasteiger partial charge in [-0.1, -0.05) is 0 Å². The van der Waals surface area contributed by atoms with E-state index in [4.69, 9.17) is 4.42 Å². The summed E-state index contributed by atoms with van der Waals surface area (Å²) in [6.07, 6.45) is 7.92. The van der Waals surface area contributed by atoms with E-state index < -0.39 is 0 Å². The highest BCUT2D eigenvalue weighted by atomic mass is 16.4. The topological polar surface area (TPSA) is 54.9 Å². The van der Waals surface area contributed by atoms with Crippen molar-refractivity contribution in [1.82, 2.24) is 0 Å². The lowest BCUT2D eigenvalue weighted by molar-refractivity contribution is -0.944. The number of aryl methyl sites for hydroxylation is 2. The number of aliphatic hydroxyl groups excluding tert-OH is 1. The molecule has 1 aromatic carbocycles. The highest BCUT2D eigenvalue weighted by Gasteiger charge is 2.27. The molecule has 2 aliphatic rings. The summed E-state index contributed by atoms with van der Waals surface area (Å²) in [5, 5.41) is 10.5. The molecule has 0 spiro atoms. The maximum atomic E-state index is 12.0. The van der Waals surface area contributed by atoms with Gasteiger partial charge >= 0.3 is 5.63 Å². The molecule has 2 aromatic rings. The van der Waals surface area contributed by atoms with Crippen molar-refractivity contribution in [3.8, 4) is 0 Å². The highest BCUT2D eigenvalue weighted by Crippen LogP contribution is 2.28. The standard InChI is InChI=1S/C20H25NO3/c22-9-7-17-6-1-2-8-21(17)13-16-12-20(23)24-19-11-15-5-3-4-14(15)10-18(16)19/h10-12,17,22H,1-9,13H2/p+1/t17-/m1/s1. The third kappa shape index (κ3) is 3.01. The summed E-state index contributed by atoms with van der Waals surface area (Å²) in [5.41, 5.74) is 4.36. The maximum Gasteiger partial charge on any atom is 0.336 e. The van der Waals surface area contributed by atoms with Gasteiger partial charge in [0.2, 0.25) is 0 Å². The van der Waals surface area contributed by atoms with Crippen molar-refractivity contribution in [2.24, 2.45) is 0 Å². The summed E-state index contributed by atoms with van der Waals surface area (Å²) in [7, 11) is 0.